The van der Waals surface area contributed by atoms with E-state index in [0.717, 1.165) is 0 Å². The molecule has 10 heteroatoms. The molecule has 1 atom stereocenters. The molecule has 27 heavy (non-hydrogen) atoms. The highest BCUT2D eigenvalue weighted by atomic mass is 16.6. The monoisotopic (exact) mass is 373 g/mol. The van der Waals surface area contributed by atoms with Gasteiger partial charge in [0.05, 0.1) is 19.1 Å². The van der Waals surface area contributed by atoms with E-state index in [1.165, 1.54) is 38.5 Å². The van der Waals surface area contributed by atoms with Gasteiger partial charge in [-0.05, 0) is 18.2 Å². The number of nitro groups is 1. The number of methoxy groups -OCH3 is 2. The molecule has 0 saturated heterocycles. The van der Waals surface area contributed by atoms with Crippen molar-refractivity contribution >= 4 is 17.6 Å². The van der Waals surface area contributed by atoms with Crippen molar-refractivity contribution in [3.8, 4) is 11.5 Å². The third-order valence-electron chi connectivity index (χ3n) is 3.95. The molecule has 0 bridgehead atoms. The molecule has 0 unspecified atom stereocenters. The summed E-state index contributed by atoms with van der Waals surface area (Å²) in [7, 11) is 2.83. The molecule has 0 aliphatic carbocycles. The average Bonchev–Trinajstić information content (AvgIpc) is 3.01. The van der Waals surface area contributed by atoms with Crippen molar-refractivity contribution in [2.75, 3.05) is 14.2 Å². The minimum atomic E-state index is -0.987. The first-order valence-electron chi connectivity index (χ1n) is 7.73. The predicted molar refractivity (Wildman–Crippen MR) is 91.4 cm³/mol. The zero-order valence-electron chi connectivity index (χ0n) is 14.3. The smallest absolute Gasteiger partial charge is 0.344 e. The number of cyclic esters (lactones) is 1. The molecule has 1 aliphatic rings. The minimum absolute atomic E-state index is 0.133. The topological polar surface area (TPSA) is 129 Å². The Labute approximate surface area is 153 Å². The number of nitrogens with zero attached hydrogens (tertiary/aromatic N) is 1. The van der Waals surface area contributed by atoms with E-state index in [0.29, 0.717) is 11.3 Å². The Morgan fingerprint density at radius 3 is 2.59 bits per heavy atom. The van der Waals surface area contributed by atoms with Crippen LogP contribution in [0, 0.1) is 10.1 Å². The third kappa shape index (κ3) is 3.25. The van der Waals surface area contributed by atoms with Crippen molar-refractivity contribution in [2.24, 2.45) is 0 Å². The second-order valence-electron chi connectivity index (χ2n) is 5.42. The molecule has 1 heterocycles. The summed E-state index contributed by atoms with van der Waals surface area (Å²) in [6.07, 6.45) is -0.987. The fraction of sp³-hybridized carbons (Fsp3) is 0.176. The molecule has 0 spiro atoms. The van der Waals surface area contributed by atoms with Gasteiger partial charge >= 0.3 is 5.97 Å². The zero-order valence-corrected chi connectivity index (χ0v) is 14.3. The van der Waals surface area contributed by atoms with Crippen LogP contribution in [0.15, 0.2) is 36.4 Å². The van der Waals surface area contributed by atoms with Crippen LogP contribution in [-0.2, 0) is 4.74 Å². The number of ether oxygens (including phenoxy) is 3. The number of rotatable bonds is 6. The maximum atomic E-state index is 12.3. The van der Waals surface area contributed by atoms with Crippen LogP contribution in [0.2, 0.25) is 0 Å². The summed E-state index contributed by atoms with van der Waals surface area (Å²) in [6, 6.07) is 8.68. The molecule has 0 radical (unpaired) electrons. The van der Waals surface area contributed by atoms with Crippen molar-refractivity contribution in [1.82, 2.24) is 10.9 Å². The van der Waals surface area contributed by atoms with Crippen LogP contribution in [0.1, 0.15) is 32.5 Å². The van der Waals surface area contributed by atoms with Gasteiger partial charge in [0.15, 0.2) is 17.7 Å². The predicted octanol–water partition coefficient (Wildman–Crippen LogP) is 1.72. The highest BCUT2D eigenvalue weighted by Crippen LogP contribution is 2.40. The lowest BCUT2D eigenvalue weighted by Crippen LogP contribution is -2.40. The molecule has 0 saturated carbocycles. The fourth-order valence-electron chi connectivity index (χ4n) is 2.73. The van der Waals surface area contributed by atoms with E-state index in [1.807, 2.05) is 0 Å². The summed E-state index contributed by atoms with van der Waals surface area (Å²) < 4.78 is 15.6. The maximum absolute atomic E-state index is 12.3. The van der Waals surface area contributed by atoms with Gasteiger partial charge in [-0.25, -0.2) is 4.79 Å². The van der Waals surface area contributed by atoms with Crippen molar-refractivity contribution in [3.63, 3.8) is 0 Å². The number of carbonyl (C=O) groups excluding carboxylic acids is 2. The lowest BCUT2D eigenvalue weighted by atomic mass is 10.1. The number of hydrogen-bond donors (Lipinski definition) is 2. The van der Waals surface area contributed by atoms with Gasteiger partial charge in [-0.1, -0.05) is 12.1 Å². The molecular formula is C17H15N3O7. The van der Waals surface area contributed by atoms with Gasteiger partial charge in [-0.15, -0.1) is 0 Å². The molecule has 3 rings (SSSR count). The average molecular weight is 373 g/mol. The normalized spacial score (nSPS) is 14.9. The van der Waals surface area contributed by atoms with Gasteiger partial charge in [0.1, 0.15) is 11.1 Å². The number of hydrazine groups is 1. The number of para-hydroxylation sites is 1. The van der Waals surface area contributed by atoms with Gasteiger partial charge in [0.2, 0.25) is 0 Å². The fourth-order valence-corrected chi connectivity index (χ4v) is 2.73. The summed E-state index contributed by atoms with van der Waals surface area (Å²) in [5.74, 6) is -0.822. The highest BCUT2D eigenvalue weighted by molar-refractivity contribution is 5.99. The third-order valence-corrected chi connectivity index (χ3v) is 3.95. The van der Waals surface area contributed by atoms with Gasteiger partial charge in [0, 0.05) is 11.6 Å². The molecule has 1 amide bonds. The summed E-state index contributed by atoms with van der Waals surface area (Å²) in [6.45, 7) is 0. The van der Waals surface area contributed by atoms with E-state index in [1.54, 1.807) is 12.1 Å². The Bertz CT molecular complexity index is 929. The van der Waals surface area contributed by atoms with Crippen molar-refractivity contribution < 1.29 is 28.7 Å². The molecule has 1 aliphatic heterocycles. The Kier molecular flexibility index (Phi) is 4.90. The first-order valence-corrected chi connectivity index (χ1v) is 7.73. The molecule has 140 valence electrons. The molecule has 10 nitrogen and oxygen atoms in total. The standard InChI is InChI=1S/C17H15N3O7/c1-25-12-8-7-10-13(14(12)26-2)17(22)27-16(10)19-18-15(21)9-5-3-4-6-11(9)20(23)24/h3-8,16,19H,1-2H3,(H,18,21)/t16-/m1/s1. The molecule has 2 aromatic carbocycles. The largest absolute Gasteiger partial charge is 0.493 e. The van der Waals surface area contributed by atoms with E-state index in [2.05, 4.69) is 10.9 Å². The Morgan fingerprint density at radius 2 is 1.93 bits per heavy atom. The van der Waals surface area contributed by atoms with Crippen LogP contribution in [0.4, 0.5) is 5.69 Å². The van der Waals surface area contributed by atoms with Crippen molar-refractivity contribution in [3.05, 3.63) is 63.2 Å². The van der Waals surface area contributed by atoms with Crippen LogP contribution in [0.3, 0.4) is 0 Å². The van der Waals surface area contributed by atoms with Crippen LogP contribution in [0.5, 0.6) is 11.5 Å². The number of nitro benzene ring substituents is 1. The lowest BCUT2D eigenvalue weighted by Gasteiger charge is -2.14. The van der Waals surface area contributed by atoms with Crippen LogP contribution in [-0.4, -0.2) is 31.0 Å². The van der Waals surface area contributed by atoms with E-state index in [-0.39, 0.29) is 22.6 Å². The Balaban J connectivity index is 1.81. The molecule has 2 aromatic rings. The van der Waals surface area contributed by atoms with Gasteiger partial charge in [-0.3, -0.25) is 20.3 Å². The molecule has 0 fully saturated rings. The van der Waals surface area contributed by atoms with E-state index < -0.39 is 23.0 Å². The lowest BCUT2D eigenvalue weighted by molar-refractivity contribution is -0.385. The van der Waals surface area contributed by atoms with Gasteiger partial charge < -0.3 is 14.2 Å². The van der Waals surface area contributed by atoms with E-state index in [4.69, 9.17) is 14.2 Å². The Hall–Kier alpha value is -3.66. The first kappa shape index (κ1) is 18.1. The summed E-state index contributed by atoms with van der Waals surface area (Å²) in [4.78, 5) is 34.8. The quantitative estimate of drug-likeness (QED) is 0.445. The van der Waals surface area contributed by atoms with Crippen LogP contribution < -0.4 is 20.3 Å². The summed E-state index contributed by atoms with van der Waals surface area (Å²) in [5.41, 5.74) is 5.01. The second-order valence-corrected chi connectivity index (χ2v) is 5.42. The van der Waals surface area contributed by atoms with Gasteiger partial charge in [-0.2, -0.15) is 5.43 Å². The first-order chi connectivity index (χ1) is 13.0. The van der Waals surface area contributed by atoms with Crippen LogP contribution >= 0.6 is 0 Å². The van der Waals surface area contributed by atoms with Crippen LogP contribution in [0.25, 0.3) is 0 Å². The molecule has 2 N–H and O–H groups in total. The van der Waals surface area contributed by atoms with Crippen molar-refractivity contribution in [1.29, 1.82) is 0 Å². The van der Waals surface area contributed by atoms with E-state index in [9.17, 15) is 19.7 Å². The SMILES string of the molecule is COc1ccc2c(c1OC)C(=O)O[C@H]2NNC(=O)c1ccccc1[N+](=O)[O-]. The number of nitrogens with one attached hydrogen (secondary N) is 2. The van der Waals surface area contributed by atoms with Gasteiger partial charge in [0.25, 0.3) is 11.6 Å². The Morgan fingerprint density at radius 1 is 1.19 bits per heavy atom. The summed E-state index contributed by atoms with van der Waals surface area (Å²) >= 11 is 0. The number of carbonyl (C=O) groups is 2. The maximum Gasteiger partial charge on any atom is 0.344 e. The summed E-state index contributed by atoms with van der Waals surface area (Å²) in [5, 5.41) is 11.0. The number of esters is 1. The van der Waals surface area contributed by atoms with E-state index >= 15 is 0 Å². The molecule has 0 aromatic heterocycles. The van der Waals surface area contributed by atoms with Crippen molar-refractivity contribution in [2.45, 2.75) is 6.23 Å². The second kappa shape index (κ2) is 7.30. The number of benzene rings is 2. The number of amides is 1. The highest BCUT2D eigenvalue weighted by Gasteiger charge is 2.36. The zero-order chi connectivity index (χ0) is 19.6. The number of hydrogen-bond acceptors (Lipinski definition) is 8. The minimum Gasteiger partial charge on any atom is -0.493 e. The number of fused-ring (bicyclic) bond motifs is 1. The molecular weight excluding hydrogens is 358 g/mol.